The van der Waals surface area contributed by atoms with E-state index in [-0.39, 0.29) is 11.7 Å². The minimum Gasteiger partial charge on any atom is -0.396 e. The van der Waals surface area contributed by atoms with Crippen LogP contribution in [0.15, 0.2) is 18.2 Å². The highest BCUT2D eigenvalue weighted by molar-refractivity contribution is 5.61. The van der Waals surface area contributed by atoms with Crippen molar-refractivity contribution in [2.75, 3.05) is 5.73 Å². The van der Waals surface area contributed by atoms with Crippen LogP contribution in [0.3, 0.4) is 0 Å². The van der Waals surface area contributed by atoms with E-state index in [1.165, 1.54) is 18.9 Å². The summed E-state index contributed by atoms with van der Waals surface area (Å²) in [6.45, 7) is 4.26. The molecule has 0 saturated carbocycles. The van der Waals surface area contributed by atoms with Crippen molar-refractivity contribution in [2.45, 2.75) is 45.6 Å². The van der Waals surface area contributed by atoms with Gasteiger partial charge in [-0.3, -0.25) is 0 Å². The standard InChI is InChI=1S/C14H20FN5/c1-3-4-5-6-10(2)20-14(17-18-19-20)11-7-8-12(15)13(16)9-11/h7-10H,3-6,16H2,1-2H3. The molecule has 0 spiro atoms. The number of tetrazole rings is 1. The van der Waals surface area contributed by atoms with Crippen molar-refractivity contribution < 1.29 is 4.39 Å². The minimum absolute atomic E-state index is 0.107. The van der Waals surface area contributed by atoms with E-state index >= 15 is 0 Å². The fraction of sp³-hybridized carbons (Fsp3) is 0.500. The Morgan fingerprint density at radius 1 is 1.35 bits per heavy atom. The summed E-state index contributed by atoms with van der Waals surface area (Å²) in [4.78, 5) is 0. The molecular formula is C14H20FN5. The normalized spacial score (nSPS) is 12.6. The Morgan fingerprint density at radius 3 is 2.85 bits per heavy atom. The van der Waals surface area contributed by atoms with Crippen molar-refractivity contribution >= 4 is 5.69 Å². The Kier molecular flexibility index (Phi) is 4.65. The Morgan fingerprint density at radius 2 is 2.15 bits per heavy atom. The molecule has 2 aromatic rings. The lowest BCUT2D eigenvalue weighted by atomic mass is 10.1. The van der Waals surface area contributed by atoms with Crippen LogP contribution in [-0.2, 0) is 0 Å². The molecule has 0 aliphatic rings. The van der Waals surface area contributed by atoms with Crippen molar-refractivity contribution in [3.05, 3.63) is 24.0 Å². The number of aromatic nitrogens is 4. The number of unbranched alkanes of at least 4 members (excludes halogenated alkanes) is 2. The van der Waals surface area contributed by atoms with Crippen LogP contribution < -0.4 is 5.73 Å². The second-order valence-electron chi connectivity index (χ2n) is 5.03. The first-order chi connectivity index (χ1) is 9.63. The molecule has 108 valence electrons. The molecule has 0 fully saturated rings. The third-order valence-electron chi connectivity index (χ3n) is 3.39. The number of nitrogen functional groups attached to an aromatic ring is 1. The zero-order chi connectivity index (χ0) is 14.5. The molecule has 1 atom stereocenters. The van der Waals surface area contributed by atoms with E-state index < -0.39 is 5.82 Å². The van der Waals surface area contributed by atoms with Gasteiger partial charge in [0.25, 0.3) is 0 Å². The van der Waals surface area contributed by atoms with E-state index in [2.05, 4.69) is 29.4 Å². The van der Waals surface area contributed by atoms with Gasteiger partial charge in [0.05, 0.1) is 11.7 Å². The predicted molar refractivity (Wildman–Crippen MR) is 76.5 cm³/mol. The van der Waals surface area contributed by atoms with Crippen LogP contribution in [0.2, 0.25) is 0 Å². The monoisotopic (exact) mass is 277 g/mol. The van der Waals surface area contributed by atoms with Crippen molar-refractivity contribution in [3.8, 4) is 11.4 Å². The van der Waals surface area contributed by atoms with Crippen LogP contribution in [0.1, 0.15) is 45.6 Å². The van der Waals surface area contributed by atoms with Gasteiger partial charge >= 0.3 is 0 Å². The Labute approximate surface area is 118 Å². The second-order valence-corrected chi connectivity index (χ2v) is 5.03. The maximum atomic E-state index is 13.2. The molecule has 6 heteroatoms. The van der Waals surface area contributed by atoms with Gasteiger partial charge in [0.2, 0.25) is 0 Å². The summed E-state index contributed by atoms with van der Waals surface area (Å²) in [5.74, 6) is 0.199. The zero-order valence-corrected chi connectivity index (χ0v) is 11.9. The first-order valence-corrected chi connectivity index (χ1v) is 6.96. The fourth-order valence-corrected chi connectivity index (χ4v) is 2.18. The number of hydrogen-bond acceptors (Lipinski definition) is 4. The first-order valence-electron chi connectivity index (χ1n) is 6.96. The van der Waals surface area contributed by atoms with Crippen LogP contribution in [-0.4, -0.2) is 20.2 Å². The van der Waals surface area contributed by atoms with E-state index in [1.54, 1.807) is 16.8 Å². The van der Waals surface area contributed by atoms with Crippen LogP contribution in [0, 0.1) is 5.82 Å². The van der Waals surface area contributed by atoms with Gasteiger partial charge in [0.1, 0.15) is 5.82 Å². The SMILES string of the molecule is CCCCCC(C)n1nnnc1-c1ccc(F)c(N)c1. The Bertz CT molecular complexity index is 566. The van der Waals surface area contributed by atoms with Gasteiger partial charge in [-0.05, 0) is 42.0 Å². The molecule has 1 aromatic heterocycles. The molecule has 0 amide bonds. The Balaban J connectivity index is 2.21. The predicted octanol–water partition coefficient (Wildman–Crippen LogP) is 3.20. The molecule has 0 saturated heterocycles. The lowest BCUT2D eigenvalue weighted by Crippen LogP contribution is -2.09. The lowest BCUT2D eigenvalue weighted by Gasteiger charge is -2.13. The van der Waals surface area contributed by atoms with Gasteiger partial charge in [-0.1, -0.05) is 26.2 Å². The van der Waals surface area contributed by atoms with Crippen LogP contribution in [0.5, 0.6) is 0 Å². The number of hydrogen-bond donors (Lipinski definition) is 1. The highest BCUT2D eigenvalue weighted by atomic mass is 19.1. The average Bonchev–Trinajstić information content (AvgIpc) is 2.91. The van der Waals surface area contributed by atoms with Gasteiger partial charge in [0.15, 0.2) is 5.82 Å². The number of nitrogens with zero attached hydrogens (tertiary/aromatic N) is 4. The highest BCUT2D eigenvalue weighted by Crippen LogP contribution is 2.24. The summed E-state index contributed by atoms with van der Waals surface area (Å²) in [7, 11) is 0. The van der Waals surface area contributed by atoms with Gasteiger partial charge in [-0.2, -0.15) is 0 Å². The van der Waals surface area contributed by atoms with Gasteiger partial charge in [-0.15, -0.1) is 5.10 Å². The number of rotatable bonds is 6. The zero-order valence-electron chi connectivity index (χ0n) is 11.9. The van der Waals surface area contributed by atoms with Gasteiger partial charge in [-0.25, -0.2) is 9.07 Å². The molecule has 1 unspecified atom stereocenters. The van der Waals surface area contributed by atoms with Gasteiger partial charge < -0.3 is 5.73 Å². The highest BCUT2D eigenvalue weighted by Gasteiger charge is 2.15. The van der Waals surface area contributed by atoms with Crippen molar-refractivity contribution in [2.24, 2.45) is 0 Å². The van der Waals surface area contributed by atoms with Crippen LogP contribution in [0.25, 0.3) is 11.4 Å². The van der Waals surface area contributed by atoms with Crippen LogP contribution >= 0.6 is 0 Å². The maximum absolute atomic E-state index is 13.2. The molecule has 0 aliphatic carbocycles. The third-order valence-corrected chi connectivity index (χ3v) is 3.39. The Hall–Kier alpha value is -1.98. The largest absolute Gasteiger partial charge is 0.396 e. The summed E-state index contributed by atoms with van der Waals surface area (Å²) >= 11 is 0. The minimum atomic E-state index is -0.427. The summed E-state index contributed by atoms with van der Waals surface area (Å²) in [6.07, 6.45) is 4.54. The average molecular weight is 277 g/mol. The number of nitrogens with two attached hydrogens (primary N) is 1. The van der Waals surface area contributed by atoms with E-state index in [0.717, 1.165) is 18.4 Å². The number of benzene rings is 1. The summed E-state index contributed by atoms with van der Waals surface area (Å²) < 4.78 is 15.0. The van der Waals surface area contributed by atoms with Crippen LogP contribution in [0.4, 0.5) is 10.1 Å². The van der Waals surface area contributed by atoms with Crippen molar-refractivity contribution in [1.29, 1.82) is 0 Å². The molecule has 2 rings (SSSR count). The molecule has 5 nitrogen and oxygen atoms in total. The van der Waals surface area contributed by atoms with E-state index in [0.29, 0.717) is 5.82 Å². The van der Waals surface area contributed by atoms with Crippen molar-refractivity contribution in [3.63, 3.8) is 0 Å². The molecular weight excluding hydrogens is 257 g/mol. The van der Waals surface area contributed by atoms with E-state index in [4.69, 9.17) is 5.73 Å². The third kappa shape index (κ3) is 3.12. The van der Waals surface area contributed by atoms with Gasteiger partial charge in [0, 0.05) is 5.56 Å². The number of halogens is 1. The summed E-state index contributed by atoms with van der Waals surface area (Å²) in [5.41, 5.74) is 6.44. The topological polar surface area (TPSA) is 69.6 Å². The lowest BCUT2D eigenvalue weighted by molar-refractivity contribution is 0.432. The van der Waals surface area contributed by atoms with E-state index in [9.17, 15) is 4.39 Å². The first kappa shape index (κ1) is 14.4. The van der Waals surface area contributed by atoms with E-state index in [1.807, 2.05) is 0 Å². The molecule has 20 heavy (non-hydrogen) atoms. The molecule has 1 heterocycles. The molecule has 2 N–H and O–H groups in total. The smallest absolute Gasteiger partial charge is 0.182 e. The number of anilines is 1. The molecule has 0 radical (unpaired) electrons. The molecule has 1 aromatic carbocycles. The quantitative estimate of drug-likeness (QED) is 0.650. The summed E-state index contributed by atoms with van der Waals surface area (Å²) in [6, 6.07) is 4.76. The second kappa shape index (κ2) is 6.45. The van der Waals surface area contributed by atoms with Crippen molar-refractivity contribution in [1.82, 2.24) is 20.2 Å². The molecule has 0 bridgehead atoms. The molecule has 0 aliphatic heterocycles. The maximum Gasteiger partial charge on any atom is 0.182 e. The fourth-order valence-electron chi connectivity index (χ4n) is 2.18. The summed E-state index contributed by atoms with van der Waals surface area (Å²) in [5, 5.41) is 11.8.